The Hall–Kier alpha value is -1.47. The lowest BCUT2D eigenvalue weighted by Crippen LogP contribution is -2.44. The van der Waals surface area contributed by atoms with Gasteiger partial charge in [0.2, 0.25) is 0 Å². The minimum absolute atomic E-state index is 0.0301. The molecule has 0 aromatic carbocycles. The zero-order chi connectivity index (χ0) is 24.6. The van der Waals surface area contributed by atoms with Crippen LogP contribution in [-0.4, -0.2) is 68.2 Å². The third-order valence-electron chi connectivity index (χ3n) is 4.95. The topological polar surface area (TPSA) is 124 Å². The molecule has 0 spiro atoms. The molecule has 3 rings (SSSR count). The van der Waals surface area contributed by atoms with Crippen molar-refractivity contribution in [3.8, 4) is 0 Å². The quantitative estimate of drug-likeness (QED) is 0.413. The van der Waals surface area contributed by atoms with Crippen molar-refractivity contribution in [2.45, 2.75) is 37.6 Å². The Bertz CT molecular complexity index is 1020. The van der Waals surface area contributed by atoms with Crippen molar-refractivity contribution < 1.29 is 17.8 Å². The molecule has 3 heterocycles. The predicted molar refractivity (Wildman–Crippen MR) is 133 cm³/mol. The lowest BCUT2D eigenvalue weighted by Gasteiger charge is -2.31. The highest BCUT2D eigenvalue weighted by Gasteiger charge is 2.18. The highest BCUT2D eigenvalue weighted by Crippen LogP contribution is 2.33. The minimum Gasteiger partial charge on any atom is -0.337 e. The Balaban J connectivity index is 0.000000294. The van der Waals surface area contributed by atoms with Crippen LogP contribution in [0, 0.1) is 13.8 Å². The van der Waals surface area contributed by atoms with E-state index in [-0.39, 0.29) is 19.6 Å². The van der Waals surface area contributed by atoms with E-state index in [1.165, 1.54) is 12.8 Å². The third-order valence-corrected chi connectivity index (χ3v) is 7.56. The lowest BCUT2D eigenvalue weighted by molar-refractivity contribution is 0.201. The number of thiophene rings is 1. The lowest BCUT2D eigenvalue weighted by atomic mass is 10.1. The first-order chi connectivity index (χ1) is 15.5. The van der Waals surface area contributed by atoms with Crippen LogP contribution in [0.2, 0.25) is 8.67 Å². The number of likely N-dealkylation sites (tertiary alicyclic amines) is 1. The minimum atomic E-state index is -4.22. The van der Waals surface area contributed by atoms with Gasteiger partial charge in [0.1, 0.15) is 9.23 Å². The number of nitrogens with one attached hydrogen (secondary N) is 3. The van der Waals surface area contributed by atoms with Gasteiger partial charge >= 0.3 is 6.03 Å². The standard InChI is InChI=1S/C16H27N5O.C4H2Cl2O3S2/c1-12-10-15(11-13(2)19-12)20-16(22)18-6-9-21-7-4-14(17-3)5-8-21;5-3-1-2(4(6)10-3)11(7,8)9/h10-11,14,17H,4-9H2,1-3H3,(H2,18,19,20,22);1H,(H,7,8,9). The zero-order valence-corrected chi connectivity index (χ0v) is 21.8. The summed E-state index contributed by atoms with van der Waals surface area (Å²) in [5, 5.41) is 9.10. The maximum Gasteiger partial charge on any atom is 0.319 e. The first-order valence-corrected chi connectivity index (χ1v) is 13.3. The molecule has 2 aromatic heterocycles. The van der Waals surface area contributed by atoms with Crippen LogP contribution in [0.4, 0.5) is 10.5 Å². The molecule has 0 radical (unpaired) electrons. The number of anilines is 1. The summed E-state index contributed by atoms with van der Waals surface area (Å²) in [4.78, 5) is 18.3. The predicted octanol–water partition coefficient (Wildman–Crippen LogP) is 3.81. The van der Waals surface area contributed by atoms with E-state index >= 15 is 0 Å². The highest BCUT2D eigenvalue weighted by atomic mass is 35.5. The van der Waals surface area contributed by atoms with Gasteiger partial charge in [0, 0.05) is 36.2 Å². The average molecular weight is 539 g/mol. The van der Waals surface area contributed by atoms with E-state index in [4.69, 9.17) is 27.8 Å². The van der Waals surface area contributed by atoms with Crippen LogP contribution >= 0.6 is 34.5 Å². The summed E-state index contributed by atoms with van der Waals surface area (Å²) in [7, 11) is -2.20. The Labute approximate surface area is 208 Å². The smallest absolute Gasteiger partial charge is 0.319 e. The Morgan fingerprint density at radius 2 is 1.82 bits per heavy atom. The first-order valence-electron chi connectivity index (χ1n) is 10.3. The number of halogens is 2. The van der Waals surface area contributed by atoms with Crippen LogP contribution in [0.3, 0.4) is 0 Å². The molecule has 1 aliphatic rings. The molecule has 0 bridgehead atoms. The molecule has 13 heteroatoms. The summed E-state index contributed by atoms with van der Waals surface area (Å²) in [6.07, 6.45) is 2.36. The summed E-state index contributed by atoms with van der Waals surface area (Å²) >= 11 is 11.7. The number of piperidine rings is 1. The Morgan fingerprint density at radius 3 is 2.27 bits per heavy atom. The number of carbonyl (C=O) groups excluding carboxylic acids is 1. The molecule has 0 saturated carbocycles. The van der Waals surface area contributed by atoms with Crippen molar-refractivity contribution in [3.05, 3.63) is 38.3 Å². The van der Waals surface area contributed by atoms with E-state index in [1.807, 2.05) is 33.0 Å². The summed E-state index contributed by atoms with van der Waals surface area (Å²) in [5.41, 5.74) is 2.60. The molecule has 9 nitrogen and oxygen atoms in total. The van der Waals surface area contributed by atoms with Crippen LogP contribution < -0.4 is 16.0 Å². The van der Waals surface area contributed by atoms with Crippen LogP contribution in [0.15, 0.2) is 23.1 Å². The number of urea groups is 1. The van der Waals surface area contributed by atoms with Crippen molar-refractivity contribution in [2.75, 3.05) is 38.5 Å². The van der Waals surface area contributed by atoms with E-state index in [1.54, 1.807) is 0 Å². The van der Waals surface area contributed by atoms with Gasteiger partial charge in [-0.05, 0) is 65.0 Å². The highest BCUT2D eigenvalue weighted by molar-refractivity contribution is 7.86. The van der Waals surface area contributed by atoms with E-state index in [0.717, 1.165) is 54.1 Å². The number of rotatable bonds is 6. The molecular weight excluding hydrogens is 509 g/mol. The number of hydrogen-bond donors (Lipinski definition) is 4. The SMILES string of the molecule is CNC1CCN(CCNC(=O)Nc2cc(C)nc(C)c2)CC1.O=S(=O)(O)c1cc(Cl)sc1Cl. The molecule has 0 atom stereocenters. The summed E-state index contributed by atoms with van der Waals surface area (Å²) < 4.78 is 29.7. The molecular formula is C20H29Cl2N5O4S2. The van der Waals surface area contributed by atoms with Gasteiger partial charge in [-0.2, -0.15) is 8.42 Å². The van der Waals surface area contributed by atoms with Crippen LogP contribution in [0.1, 0.15) is 24.2 Å². The maximum absolute atomic E-state index is 11.9. The van der Waals surface area contributed by atoms with Gasteiger partial charge in [0.25, 0.3) is 10.1 Å². The van der Waals surface area contributed by atoms with E-state index in [0.29, 0.717) is 12.6 Å². The fourth-order valence-corrected chi connectivity index (χ4v) is 5.97. The van der Waals surface area contributed by atoms with Gasteiger partial charge in [-0.3, -0.25) is 9.54 Å². The number of aromatic nitrogens is 1. The van der Waals surface area contributed by atoms with Crippen molar-refractivity contribution in [2.24, 2.45) is 0 Å². The molecule has 1 aliphatic heterocycles. The summed E-state index contributed by atoms with van der Waals surface area (Å²) in [6.45, 7) is 7.60. The van der Waals surface area contributed by atoms with Crippen molar-refractivity contribution in [1.82, 2.24) is 20.5 Å². The molecule has 2 aromatic rings. The number of pyridine rings is 1. The molecule has 33 heavy (non-hydrogen) atoms. The zero-order valence-electron chi connectivity index (χ0n) is 18.7. The maximum atomic E-state index is 11.9. The summed E-state index contributed by atoms with van der Waals surface area (Å²) in [6, 6.07) is 5.33. The number of amides is 2. The number of hydrogen-bond acceptors (Lipinski definition) is 7. The average Bonchev–Trinajstić information content (AvgIpc) is 3.07. The fraction of sp³-hybridized carbons (Fsp3) is 0.500. The first kappa shape index (κ1) is 27.8. The largest absolute Gasteiger partial charge is 0.337 e. The number of aryl methyl sites for hydroxylation is 2. The second-order valence-corrected chi connectivity index (χ2v) is 11.3. The Morgan fingerprint density at radius 1 is 1.21 bits per heavy atom. The van der Waals surface area contributed by atoms with E-state index in [9.17, 15) is 13.2 Å². The fourth-order valence-electron chi connectivity index (χ4n) is 3.36. The van der Waals surface area contributed by atoms with Gasteiger partial charge in [-0.1, -0.05) is 23.2 Å². The molecule has 2 amide bonds. The normalized spacial score (nSPS) is 15.0. The molecule has 184 valence electrons. The molecule has 0 aliphatic carbocycles. The molecule has 1 fully saturated rings. The van der Waals surface area contributed by atoms with Crippen molar-refractivity contribution in [1.29, 1.82) is 0 Å². The molecule has 4 N–H and O–H groups in total. The molecule has 0 unspecified atom stereocenters. The van der Waals surface area contributed by atoms with Gasteiger partial charge in [0.05, 0.1) is 4.34 Å². The monoisotopic (exact) mass is 537 g/mol. The van der Waals surface area contributed by atoms with Crippen LogP contribution in [0.5, 0.6) is 0 Å². The van der Waals surface area contributed by atoms with Gasteiger partial charge in [0.15, 0.2) is 0 Å². The third kappa shape index (κ3) is 9.73. The van der Waals surface area contributed by atoms with Crippen LogP contribution in [-0.2, 0) is 10.1 Å². The second kappa shape index (κ2) is 12.8. The second-order valence-electron chi connectivity index (χ2n) is 7.59. The number of nitrogens with zero attached hydrogens (tertiary/aromatic N) is 2. The Kier molecular flexibility index (Phi) is 10.8. The van der Waals surface area contributed by atoms with Crippen LogP contribution in [0.25, 0.3) is 0 Å². The number of carbonyl (C=O) groups is 1. The molecule has 1 saturated heterocycles. The van der Waals surface area contributed by atoms with Crippen molar-refractivity contribution >= 4 is 56.4 Å². The van der Waals surface area contributed by atoms with E-state index < -0.39 is 10.1 Å². The summed E-state index contributed by atoms with van der Waals surface area (Å²) in [5.74, 6) is 0. The van der Waals surface area contributed by atoms with Gasteiger partial charge in [-0.15, -0.1) is 11.3 Å². The van der Waals surface area contributed by atoms with Gasteiger partial charge < -0.3 is 20.9 Å². The van der Waals surface area contributed by atoms with E-state index in [2.05, 4.69) is 25.8 Å². The van der Waals surface area contributed by atoms with Gasteiger partial charge in [-0.25, -0.2) is 4.79 Å². The van der Waals surface area contributed by atoms with Crippen molar-refractivity contribution in [3.63, 3.8) is 0 Å².